The third kappa shape index (κ3) is 2.81. The van der Waals surface area contributed by atoms with Gasteiger partial charge < -0.3 is 10.6 Å². The van der Waals surface area contributed by atoms with E-state index in [-0.39, 0.29) is 5.91 Å². The predicted octanol–water partition coefficient (Wildman–Crippen LogP) is 2.99. The van der Waals surface area contributed by atoms with Crippen LogP contribution in [0.3, 0.4) is 0 Å². The van der Waals surface area contributed by atoms with Crippen LogP contribution in [0.1, 0.15) is 10.5 Å². The molecule has 22 heavy (non-hydrogen) atoms. The summed E-state index contributed by atoms with van der Waals surface area (Å²) in [6, 6.07) is 8.40. The molecule has 3 aromatic rings. The van der Waals surface area contributed by atoms with E-state index in [0.29, 0.717) is 27.1 Å². The fraction of sp³-hybridized carbons (Fsp3) is 0.0714. The molecule has 112 valence electrons. The lowest BCUT2D eigenvalue weighted by Crippen LogP contribution is -2.30. The average molecular weight is 335 g/mol. The first-order valence-electron chi connectivity index (χ1n) is 6.27. The minimum Gasteiger partial charge on any atom is -0.377 e. The molecule has 0 aliphatic heterocycles. The smallest absolute Gasteiger partial charge is 0.304 e. The van der Waals surface area contributed by atoms with Crippen molar-refractivity contribution in [1.82, 2.24) is 15.0 Å². The highest BCUT2D eigenvalue weighted by Gasteiger charge is 2.16. The van der Waals surface area contributed by atoms with Gasteiger partial charge in [0.25, 0.3) is 0 Å². The van der Waals surface area contributed by atoms with Gasteiger partial charge in [0.15, 0.2) is 10.9 Å². The van der Waals surface area contributed by atoms with Gasteiger partial charge in [0.2, 0.25) is 0 Å². The monoisotopic (exact) mass is 334 g/mol. The quantitative estimate of drug-likeness (QED) is 0.745. The molecular formula is C14H11ClN4O2S. The largest absolute Gasteiger partial charge is 0.377 e. The minimum absolute atomic E-state index is 0.291. The van der Waals surface area contributed by atoms with Crippen LogP contribution in [-0.2, 0) is 0 Å². The van der Waals surface area contributed by atoms with Gasteiger partial charge in [-0.05, 0) is 12.1 Å². The number of hydrogen-bond donors (Lipinski definition) is 1. The maximum atomic E-state index is 12.2. The van der Waals surface area contributed by atoms with E-state index < -0.39 is 0 Å². The van der Waals surface area contributed by atoms with Crippen LogP contribution in [0, 0.1) is 0 Å². The number of hydrogen-bond acceptors (Lipinski definition) is 6. The van der Waals surface area contributed by atoms with E-state index in [4.69, 9.17) is 22.2 Å². The molecular weight excluding hydrogens is 324 g/mol. The number of benzene rings is 1. The van der Waals surface area contributed by atoms with E-state index >= 15 is 0 Å². The molecule has 3 rings (SSSR count). The van der Waals surface area contributed by atoms with Crippen molar-refractivity contribution >= 4 is 44.2 Å². The summed E-state index contributed by atoms with van der Waals surface area (Å²) < 4.78 is 0.790. The van der Waals surface area contributed by atoms with Crippen molar-refractivity contribution < 1.29 is 9.63 Å². The van der Waals surface area contributed by atoms with Crippen LogP contribution in [-0.4, -0.2) is 28.0 Å². The molecule has 2 heterocycles. The number of halogens is 1. The molecule has 0 radical (unpaired) electrons. The van der Waals surface area contributed by atoms with Crippen LogP contribution >= 0.6 is 22.9 Å². The van der Waals surface area contributed by atoms with E-state index in [0.717, 1.165) is 9.76 Å². The second-order valence-electron chi connectivity index (χ2n) is 4.41. The van der Waals surface area contributed by atoms with Crippen molar-refractivity contribution in [2.45, 2.75) is 0 Å². The van der Waals surface area contributed by atoms with E-state index in [2.05, 4.69) is 9.97 Å². The van der Waals surface area contributed by atoms with Crippen LogP contribution < -0.4 is 10.6 Å². The molecule has 1 aromatic carbocycles. The molecule has 0 atom stereocenters. The van der Waals surface area contributed by atoms with Crippen LogP contribution in [0.25, 0.3) is 10.2 Å². The first-order valence-corrected chi connectivity index (χ1v) is 7.46. The number of nitrogens with two attached hydrogens (primary N) is 1. The molecule has 2 N–H and O–H groups in total. The Morgan fingerprint density at radius 3 is 2.95 bits per heavy atom. The fourth-order valence-electron chi connectivity index (χ4n) is 1.89. The number of carbonyl (C=O) groups excluding carboxylic acids is 1. The maximum absolute atomic E-state index is 12.2. The van der Waals surface area contributed by atoms with Crippen LogP contribution in [0.15, 0.2) is 36.5 Å². The summed E-state index contributed by atoms with van der Waals surface area (Å²) in [6.07, 6.45) is 1.55. The van der Waals surface area contributed by atoms with Crippen LogP contribution in [0.5, 0.6) is 5.75 Å². The second kappa shape index (κ2) is 5.78. The number of nitrogens with zero attached hydrogens (tertiary/aromatic N) is 3. The Kier molecular flexibility index (Phi) is 3.82. The van der Waals surface area contributed by atoms with Gasteiger partial charge in [0.05, 0.1) is 9.72 Å². The number of aromatic nitrogens is 2. The zero-order valence-electron chi connectivity index (χ0n) is 11.5. The molecule has 6 nitrogen and oxygen atoms in total. The molecule has 0 aliphatic carbocycles. The number of thiazole rings is 1. The molecule has 8 heteroatoms. The van der Waals surface area contributed by atoms with Crippen molar-refractivity contribution in [1.29, 1.82) is 0 Å². The summed E-state index contributed by atoms with van der Waals surface area (Å²) in [4.78, 5) is 25.8. The summed E-state index contributed by atoms with van der Waals surface area (Å²) >= 11 is 7.45. The number of carbonyl (C=O) groups is 1. The average Bonchev–Trinajstić information content (AvgIpc) is 2.88. The summed E-state index contributed by atoms with van der Waals surface area (Å²) in [5, 5.41) is 1.94. The Bertz CT molecular complexity index is 837. The number of rotatable bonds is 3. The van der Waals surface area contributed by atoms with Crippen molar-refractivity contribution in [3.8, 4) is 5.75 Å². The zero-order valence-corrected chi connectivity index (χ0v) is 13.1. The second-order valence-corrected chi connectivity index (χ2v) is 5.88. The van der Waals surface area contributed by atoms with Gasteiger partial charge in [-0.15, -0.1) is 0 Å². The molecule has 1 amide bonds. The predicted molar refractivity (Wildman–Crippen MR) is 86.0 cm³/mol. The topological polar surface area (TPSA) is 81.3 Å². The van der Waals surface area contributed by atoms with Gasteiger partial charge in [-0.25, -0.2) is 4.98 Å². The first-order chi connectivity index (χ1) is 10.5. The molecule has 0 unspecified atom stereocenters. The first kappa shape index (κ1) is 14.6. The van der Waals surface area contributed by atoms with E-state index in [1.807, 2.05) is 0 Å². The van der Waals surface area contributed by atoms with Crippen molar-refractivity contribution in [3.05, 3.63) is 47.2 Å². The number of hydroxylamine groups is 2. The number of amides is 1. The number of pyridine rings is 1. The van der Waals surface area contributed by atoms with Crippen LogP contribution in [0.2, 0.25) is 5.02 Å². The van der Waals surface area contributed by atoms with Crippen molar-refractivity contribution in [2.24, 2.45) is 0 Å². The van der Waals surface area contributed by atoms with E-state index in [1.54, 1.807) is 36.5 Å². The lowest BCUT2D eigenvalue weighted by molar-refractivity contribution is -0.0142. The van der Waals surface area contributed by atoms with Crippen molar-refractivity contribution in [2.75, 3.05) is 12.8 Å². The third-order valence-corrected chi connectivity index (χ3v) is 3.97. The van der Waals surface area contributed by atoms with E-state index in [9.17, 15) is 4.79 Å². The normalized spacial score (nSPS) is 10.6. The SMILES string of the molecule is CN(Oc1cc(Cl)c2nc(N)sc2c1)C(=O)c1ccccn1. The molecule has 0 saturated carbocycles. The van der Waals surface area contributed by atoms with Gasteiger partial charge in [0.1, 0.15) is 11.2 Å². The minimum atomic E-state index is -0.361. The molecule has 0 spiro atoms. The zero-order chi connectivity index (χ0) is 15.7. The van der Waals surface area contributed by atoms with Crippen molar-refractivity contribution in [3.63, 3.8) is 0 Å². The maximum Gasteiger partial charge on any atom is 0.304 e. The lowest BCUT2D eigenvalue weighted by Gasteiger charge is -2.17. The standard InChI is InChI=1S/C14H11ClN4O2S/c1-19(13(20)10-4-2-3-5-17-10)21-8-6-9(15)12-11(7-8)22-14(16)18-12/h2-7H,1H3,(H2,16,18). The Morgan fingerprint density at radius 2 is 2.23 bits per heavy atom. The highest BCUT2D eigenvalue weighted by Crippen LogP contribution is 2.33. The molecule has 0 saturated heterocycles. The van der Waals surface area contributed by atoms with Crippen LogP contribution in [0.4, 0.5) is 5.13 Å². The summed E-state index contributed by atoms with van der Waals surface area (Å²) in [5.74, 6) is 0.0635. The molecule has 0 aliphatic rings. The highest BCUT2D eigenvalue weighted by atomic mass is 35.5. The summed E-state index contributed by atoms with van der Waals surface area (Å²) in [6.45, 7) is 0. The van der Waals surface area contributed by atoms with Gasteiger partial charge >= 0.3 is 5.91 Å². The van der Waals surface area contributed by atoms with Gasteiger partial charge in [-0.1, -0.05) is 29.0 Å². The number of nitrogen functional groups attached to an aromatic ring is 1. The summed E-state index contributed by atoms with van der Waals surface area (Å²) in [7, 11) is 1.51. The van der Waals surface area contributed by atoms with Gasteiger partial charge in [0, 0.05) is 25.4 Å². The Labute approximate surface area is 135 Å². The highest BCUT2D eigenvalue weighted by molar-refractivity contribution is 7.22. The van der Waals surface area contributed by atoms with Gasteiger partial charge in [-0.2, -0.15) is 5.06 Å². The molecule has 0 fully saturated rings. The third-order valence-electron chi connectivity index (χ3n) is 2.85. The number of anilines is 1. The van der Waals surface area contributed by atoms with Gasteiger partial charge in [-0.3, -0.25) is 9.78 Å². The Hall–Kier alpha value is -2.38. The van der Waals surface area contributed by atoms with E-state index in [1.165, 1.54) is 18.4 Å². The Morgan fingerprint density at radius 1 is 1.41 bits per heavy atom. The number of fused-ring (bicyclic) bond motifs is 1. The lowest BCUT2D eigenvalue weighted by atomic mass is 10.3. The summed E-state index contributed by atoms with van der Waals surface area (Å²) in [5.41, 5.74) is 6.58. The molecule has 2 aromatic heterocycles. The fourth-order valence-corrected chi connectivity index (χ4v) is 2.98. The Balaban J connectivity index is 1.85. The molecule has 0 bridgehead atoms.